The number of likely N-dealkylation sites (tertiary alicyclic amines) is 1. The molecule has 1 fully saturated rings. The first kappa shape index (κ1) is 22.6. The van der Waals surface area contributed by atoms with Gasteiger partial charge in [-0.05, 0) is 70.4 Å². The third-order valence-electron chi connectivity index (χ3n) is 5.70. The van der Waals surface area contributed by atoms with Gasteiger partial charge in [0.1, 0.15) is 5.60 Å². The highest BCUT2D eigenvalue weighted by molar-refractivity contribution is 5.83. The normalized spacial score (nSPS) is 15.7. The molecule has 1 aliphatic rings. The largest absolute Gasteiger partial charge is 0.444 e. The van der Waals surface area contributed by atoms with Crippen molar-refractivity contribution in [2.24, 2.45) is 5.92 Å². The van der Waals surface area contributed by atoms with Gasteiger partial charge >= 0.3 is 6.09 Å². The minimum atomic E-state index is -0.460. The van der Waals surface area contributed by atoms with Gasteiger partial charge in [0, 0.05) is 31.1 Å². The topological polar surface area (TPSA) is 85.0 Å². The molecule has 2 heterocycles. The maximum atomic E-state index is 12.2. The van der Waals surface area contributed by atoms with Gasteiger partial charge < -0.3 is 24.0 Å². The van der Waals surface area contributed by atoms with E-state index in [1.807, 2.05) is 37.8 Å². The molecule has 0 saturated carbocycles. The lowest BCUT2D eigenvalue weighted by molar-refractivity contribution is 0.0181. The Morgan fingerprint density at radius 1 is 1.27 bits per heavy atom. The SMILES string of the molecule is COCCc1ccc2c(CCC3CCN(C(=O)OC(C)(C)C)CC3)noc2c1CO. The molecular weight excluding hydrogens is 384 g/mol. The molecule has 3 rings (SSSR count). The number of amides is 1. The summed E-state index contributed by atoms with van der Waals surface area (Å²) in [6, 6.07) is 4.07. The van der Waals surface area contributed by atoms with Crippen molar-refractivity contribution in [2.45, 2.75) is 65.1 Å². The van der Waals surface area contributed by atoms with Crippen molar-refractivity contribution in [3.63, 3.8) is 0 Å². The van der Waals surface area contributed by atoms with Gasteiger partial charge in [-0.2, -0.15) is 0 Å². The van der Waals surface area contributed by atoms with E-state index in [2.05, 4.69) is 5.16 Å². The number of benzene rings is 1. The van der Waals surface area contributed by atoms with Crippen molar-refractivity contribution in [1.29, 1.82) is 0 Å². The standard InChI is InChI=1S/C23H34N2O5/c1-23(2,3)29-22(27)25-12-9-16(10-13-25)5-8-20-18-7-6-17(11-14-28-4)19(15-26)21(18)30-24-20/h6-7,16,26H,5,8-15H2,1-4H3. The maximum Gasteiger partial charge on any atom is 0.410 e. The van der Waals surface area contributed by atoms with Gasteiger partial charge in [-0.1, -0.05) is 11.2 Å². The summed E-state index contributed by atoms with van der Waals surface area (Å²) in [5.41, 5.74) is 2.99. The van der Waals surface area contributed by atoms with Crippen LogP contribution < -0.4 is 0 Å². The third-order valence-corrected chi connectivity index (χ3v) is 5.70. The van der Waals surface area contributed by atoms with Crippen molar-refractivity contribution < 1.29 is 23.9 Å². The minimum Gasteiger partial charge on any atom is -0.444 e. The molecule has 0 bridgehead atoms. The minimum absolute atomic E-state index is 0.0753. The molecule has 0 spiro atoms. The summed E-state index contributed by atoms with van der Waals surface area (Å²) in [5.74, 6) is 0.550. The summed E-state index contributed by atoms with van der Waals surface area (Å²) in [4.78, 5) is 14.0. The van der Waals surface area contributed by atoms with Gasteiger partial charge in [-0.25, -0.2) is 4.79 Å². The lowest BCUT2D eigenvalue weighted by Gasteiger charge is -2.33. The number of aryl methyl sites for hydroxylation is 1. The number of carbonyl (C=O) groups excluding carboxylic acids is 1. The van der Waals surface area contributed by atoms with E-state index in [0.717, 1.165) is 67.4 Å². The lowest BCUT2D eigenvalue weighted by atomic mass is 9.91. The number of hydrogen-bond acceptors (Lipinski definition) is 6. The van der Waals surface area contributed by atoms with Crippen LogP contribution in [0.25, 0.3) is 11.0 Å². The number of ether oxygens (including phenoxy) is 2. The van der Waals surface area contributed by atoms with Crippen LogP contribution in [0.4, 0.5) is 4.79 Å². The molecule has 30 heavy (non-hydrogen) atoms. The highest BCUT2D eigenvalue weighted by Crippen LogP contribution is 2.29. The molecule has 1 saturated heterocycles. The highest BCUT2D eigenvalue weighted by Gasteiger charge is 2.27. The van der Waals surface area contributed by atoms with E-state index in [-0.39, 0.29) is 12.7 Å². The van der Waals surface area contributed by atoms with Crippen LogP contribution in [0.3, 0.4) is 0 Å². The zero-order chi connectivity index (χ0) is 21.7. The smallest absolute Gasteiger partial charge is 0.410 e. The second-order valence-corrected chi connectivity index (χ2v) is 9.06. The average Bonchev–Trinajstić information content (AvgIpc) is 3.12. The van der Waals surface area contributed by atoms with Crippen LogP contribution in [0, 0.1) is 5.92 Å². The molecule has 0 aliphatic carbocycles. The molecular formula is C23H34N2O5. The van der Waals surface area contributed by atoms with Crippen molar-refractivity contribution in [1.82, 2.24) is 10.1 Å². The van der Waals surface area contributed by atoms with Crippen LogP contribution in [-0.2, 0) is 28.9 Å². The zero-order valence-corrected chi connectivity index (χ0v) is 18.6. The summed E-state index contributed by atoms with van der Waals surface area (Å²) in [6.07, 6.45) is 4.28. The monoisotopic (exact) mass is 418 g/mol. The van der Waals surface area contributed by atoms with Gasteiger partial charge in [0.05, 0.1) is 18.9 Å². The molecule has 1 aliphatic heterocycles. The fourth-order valence-electron chi connectivity index (χ4n) is 4.02. The van der Waals surface area contributed by atoms with Gasteiger partial charge in [0.15, 0.2) is 5.58 Å². The van der Waals surface area contributed by atoms with Crippen molar-refractivity contribution in [2.75, 3.05) is 26.8 Å². The van der Waals surface area contributed by atoms with E-state index in [9.17, 15) is 9.90 Å². The van der Waals surface area contributed by atoms with Crippen LogP contribution in [0.15, 0.2) is 16.7 Å². The number of nitrogens with zero attached hydrogens (tertiary/aromatic N) is 2. The molecule has 0 radical (unpaired) electrons. The highest BCUT2D eigenvalue weighted by atomic mass is 16.6. The fourth-order valence-corrected chi connectivity index (χ4v) is 4.02. The Morgan fingerprint density at radius 3 is 2.63 bits per heavy atom. The first-order chi connectivity index (χ1) is 14.3. The predicted molar refractivity (Wildman–Crippen MR) is 114 cm³/mol. The van der Waals surface area contributed by atoms with Crippen LogP contribution in [0.2, 0.25) is 0 Å². The number of fused-ring (bicyclic) bond motifs is 1. The molecule has 7 heteroatoms. The number of hydrogen-bond donors (Lipinski definition) is 1. The number of carbonyl (C=O) groups is 1. The van der Waals surface area contributed by atoms with Gasteiger partial charge in [0.2, 0.25) is 0 Å². The summed E-state index contributed by atoms with van der Waals surface area (Å²) in [5, 5.41) is 15.1. The van der Waals surface area contributed by atoms with Crippen molar-refractivity contribution >= 4 is 17.1 Å². The number of aliphatic hydroxyl groups is 1. The summed E-state index contributed by atoms with van der Waals surface area (Å²) in [6.45, 7) is 7.66. The van der Waals surface area contributed by atoms with E-state index in [4.69, 9.17) is 14.0 Å². The van der Waals surface area contributed by atoms with Gasteiger partial charge in [-0.3, -0.25) is 0 Å². The lowest BCUT2D eigenvalue weighted by Crippen LogP contribution is -2.41. The van der Waals surface area contributed by atoms with Crippen LogP contribution in [0.1, 0.15) is 56.9 Å². The van der Waals surface area contributed by atoms with Crippen molar-refractivity contribution in [3.05, 3.63) is 29.0 Å². The summed E-state index contributed by atoms with van der Waals surface area (Å²) >= 11 is 0. The third kappa shape index (κ3) is 5.52. The molecule has 0 unspecified atom stereocenters. The first-order valence-corrected chi connectivity index (χ1v) is 10.8. The Bertz CT molecular complexity index is 847. The number of aromatic nitrogens is 1. The van der Waals surface area contributed by atoms with Crippen molar-refractivity contribution in [3.8, 4) is 0 Å². The molecule has 2 aromatic rings. The van der Waals surface area contributed by atoms with Crippen LogP contribution >= 0.6 is 0 Å². The molecule has 166 valence electrons. The Morgan fingerprint density at radius 2 is 2.00 bits per heavy atom. The second kappa shape index (κ2) is 9.79. The molecule has 0 atom stereocenters. The van der Waals surface area contributed by atoms with E-state index >= 15 is 0 Å². The average molecular weight is 419 g/mol. The second-order valence-electron chi connectivity index (χ2n) is 9.06. The quantitative estimate of drug-likeness (QED) is 0.729. The van der Waals surface area contributed by atoms with Crippen LogP contribution in [0.5, 0.6) is 0 Å². The predicted octanol–water partition coefficient (Wildman–Crippen LogP) is 4.09. The first-order valence-electron chi connectivity index (χ1n) is 10.8. The van der Waals surface area contributed by atoms with Gasteiger partial charge in [-0.15, -0.1) is 0 Å². The Labute approximate surface area is 178 Å². The Hall–Kier alpha value is -2.12. The van der Waals surface area contributed by atoms with Gasteiger partial charge in [0.25, 0.3) is 0 Å². The molecule has 1 aromatic heterocycles. The zero-order valence-electron chi connectivity index (χ0n) is 18.6. The summed E-state index contributed by atoms with van der Waals surface area (Å²) in [7, 11) is 1.67. The fraction of sp³-hybridized carbons (Fsp3) is 0.652. The molecule has 1 N–H and O–H groups in total. The van der Waals surface area contributed by atoms with E-state index in [0.29, 0.717) is 18.1 Å². The number of aliphatic hydroxyl groups excluding tert-OH is 1. The maximum absolute atomic E-state index is 12.2. The Kier molecular flexibility index (Phi) is 7.36. The van der Waals surface area contributed by atoms with E-state index < -0.39 is 5.60 Å². The van der Waals surface area contributed by atoms with Crippen LogP contribution in [-0.4, -0.2) is 53.7 Å². The molecule has 7 nitrogen and oxygen atoms in total. The Balaban J connectivity index is 1.57. The number of rotatable bonds is 7. The number of methoxy groups -OCH3 is 1. The van der Waals surface area contributed by atoms with E-state index in [1.54, 1.807) is 7.11 Å². The summed E-state index contributed by atoms with van der Waals surface area (Å²) < 4.78 is 16.2. The number of piperidine rings is 1. The molecule has 1 aromatic carbocycles. The van der Waals surface area contributed by atoms with E-state index in [1.165, 1.54) is 0 Å². The molecule has 1 amide bonds.